The second-order valence-corrected chi connectivity index (χ2v) is 9.10. The summed E-state index contributed by atoms with van der Waals surface area (Å²) in [5.74, 6) is 1.21. The third-order valence-electron chi connectivity index (χ3n) is 3.80. The van der Waals surface area contributed by atoms with Gasteiger partial charge in [-0.25, -0.2) is 8.42 Å². The number of nitrogens with zero attached hydrogens (tertiary/aromatic N) is 1. The third kappa shape index (κ3) is 3.81. The van der Waals surface area contributed by atoms with Crippen molar-refractivity contribution in [1.29, 1.82) is 0 Å². The highest BCUT2D eigenvalue weighted by Crippen LogP contribution is 2.39. The summed E-state index contributed by atoms with van der Waals surface area (Å²) in [6, 6.07) is 3.64. The smallest absolute Gasteiger partial charge is 0.252 e. The number of hydrogen-bond donors (Lipinski definition) is 1. The van der Waals surface area contributed by atoms with Crippen LogP contribution < -0.4 is 5.32 Å². The van der Waals surface area contributed by atoms with E-state index in [2.05, 4.69) is 19.2 Å². The predicted octanol–water partition coefficient (Wildman–Crippen LogP) is 2.52. The van der Waals surface area contributed by atoms with E-state index >= 15 is 0 Å². The maximum atomic E-state index is 12.5. The van der Waals surface area contributed by atoms with E-state index in [1.807, 2.05) is 6.07 Å². The first-order valence-electron chi connectivity index (χ1n) is 7.21. The monoisotopic (exact) mass is 316 g/mol. The van der Waals surface area contributed by atoms with Gasteiger partial charge in [-0.3, -0.25) is 0 Å². The van der Waals surface area contributed by atoms with Crippen LogP contribution in [0.3, 0.4) is 0 Å². The molecule has 0 radical (unpaired) electrons. The van der Waals surface area contributed by atoms with Crippen LogP contribution in [-0.2, 0) is 16.6 Å². The van der Waals surface area contributed by atoms with Crippen molar-refractivity contribution in [1.82, 2.24) is 9.62 Å². The van der Waals surface area contributed by atoms with E-state index in [-0.39, 0.29) is 0 Å². The third-order valence-corrected chi connectivity index (χ3v) is 7.17. The Hall–Kier alpha value is -0.430. The van der Waals surface area contributed by atoms with Crippen LogP contribution in [0, 0.1) is 11.8 Å². The second kappa shape index (κ2) is 6.56. The molecule has 0 aliphatic heterocycles. The van der Waals surface area contributed by atoms with Gasteiger partial charge in [-0.1, -0.05) is 13.8 Å². The Bertz CT molecular complexity index is 539. The van der Waals surface area contributed by atoms with Gasteiger partial charge in [0.15, 0.2) is 0 Å². The number of sulfonamides is 1. The molecule has 0 bridgehead atoms. The molecule has 1 aromatic rings. The fraction of sp³-hybridized carbons (Fsp3) is 0.714. The van der Waals surface area contributed by atoms with Gasteiger partial charge in [0, 0.05) is 25.0 Å². The molecule has 1 aliphatic rings. The van der Waals surface area contributed by atoms with E-state index in [0.29, 0.717) is 22.6 Å². The SMILES string of the molecule is CCCNCc1ccc(S(=O)(=O)N(C)CC2CC2C)s1. The van der Waals surface area contributed by atoms with Gasteiger partial charge in [-0.05, 0) is 43.4 Å². The predicted molar refractivity (Wildman–Crippen MR) is 83.4 cm³/mol. The molecule has 0 amide bonds. The van der Waals surface area contributed by atoms with Gasteiger partial charge in [0.05, 0.1) is 0 Å². The van der Waals surface area contributed by atoms with Gasteiger partial charge >= 0.3 is 0 Å². The van der Waals surface area contributed by atoms with Gasteiger partial charge in [0.25, 0.3) is 10.0 Å². The first-order chi connectivity index (χ1) is 9.45. The average molecular weight is 316 g/mol. The van der Waals surface area contributed by atoms with Crippen LogP contribution in [0.25, 0.3) is 0 Å². The quantitative estimate of drug-likeness (QED) is 0.750. The maximum Gasteiger partial charge on any atom is 0.252 e. The molecule has 1 heterocycles. The van der Waals surface area contributed by atoms with Gasteiger partial charge < -0.3 is 5.32 Å². The summed E-state index contributed by atoms with van der Waals surface area (Å²) in [5.41, 5.74) is 0. The van der Waals surface area contributed by atoms with Crippen LogP contribution >= 0.6 is 11.3 Å². The van der Waals surface area contributed by atoms with Crippen molar-refractivity contribution in [3.8, 4) is 0 Å². The zero-order valence-electron chi connectivity index (χ0n) is 12.4. The molecular formula is C14H24N2O2S2. The van der Waals surface area contributed by atoms with Crippen LogP contribution in [-0.4, -0.2) is 32.9 Å². The normalized spacial score (nSPS) is 22.4. The maximum absolute atomic E-state index is 12.5. The molecule has 2 rings (SSSR count). The van der Waals surface area contributed by atoms with Crippen LogP contribution in [0.15, 0.2) is 16.3 Å². The Balaban J connectivity index is 1.98. The highest BCUT2D eigenvalue weighted by molar-refractivity contribution is 7.91. The van der Waals surface area contributed by atoms with E-state index in [1.54, 1.807) is 13.1 Å². The number of thiophene rings is 1. The largest absolute Gasteiger partial charge is 0.312 e. The molecule has 4 nitrogen and oxygen atoms in total. The fourth-order valence-electron chi connectivity index (χ4n) is 2.22. The Labute approximate surface area is 126 Å². The molecule has 6 heteroatoms. The molecule has 2 unspecified atom stereocenters. The molecule has 0 saturated heterocycles. The zero-order valence-corrected chi connectivity index (χ0v) is 14.1. The van der Waals surface area contributed by atoms with E-state index in [0.717, 1.165) is 30.8 Å². The first-order valence-corrected chi connectivity index (χ1v) is 9.46. The van der Waals surface area contributed by atoms with Crippen LogP contribution in [0.1, 0.15) is 31.6 Å². The summed E-state index contributed by atoms with van der Waals surface area (Å²) >= 11 is 1.37. The Morgan fingerprint density at radius 2 is 2.15 bits per heavy atom. The van der Waals surface area contributed by atoms with Crippen molar-refractivity contribution >= 4 is 21.4 Å². The van der Waals surface area contributed by atoms with Gasteiger partial charge in [-0.15, -0.1) is 11.3 Å². The molecule has 114 valence electrons. The van der Waals surface area contributed by atoms with Crippen molar-refractivity contribution < 1.29 is 8.42 Å². The van der Waals surface area contributed by atoms with Crippen molar-refractivity contribution in [2.24, 2.45) is 11.8 Å². The van der Waals surface area contributed by atoms with Crippen molar-refractivity contribution in [2.75, 3.05) is 20.1 Å². The van der Waals surface area contributed by atoms with Gasteiger partial charge in [-0.2, -0.15) is 4.31 Å². The van der Waals surface area contributed by atoms with E-state index < -0.39 is 10.0 Å². The molecule has 1 saturated carbocycles. The Morgan fingerprint density at radius 3 is 2.75 bits per heavy atom. The van der Waals surface area contributed by atoms with Crippen molar-refractivity contribution in [3.05, 3.63) is 17.0 Å². The van der Waals surface area contributed by atoms with Crippen molar-refractivity contribution in [2.45, 2.75) is 37.4 Å². The Kier molecular flexibility index (Phi) is 5.23. The summed E-state index contributed by atoms with van der Waals surface area (Å²) in [4.78, 5) is 1.07. The molecule has 0 spiro atoms. The van der Waals surface area contributed by atoms with E-state index in [9.17, 15) is 8.42 Å². The van der Waals surface area contributed by atoms with Crippen molar-refractivity contribution in [3.63, 3.8) is 0 Å². The minimum absolute atomic E-state index is 0.460. The molecule has 1 N–H and O–H groups in total. The molecule has 1 fully saturated rings. The molecule has 1 aromatic heterocycles. The lowest BCUT2D eigenvalue weighted by molar-refractivity contribution is 0.446. The van der Waals surface area contributed by atoms with Gasteiger partial charge in [0.2, 0.25) is 0 Å². The highest BCUT2D eigenvalue weighted by atomic mass is 32.2. The molecule has 0 aromatic carbocycles. The zero-order chi connectivity index (χ0) is 14.8. The minimum atomic E-state index is -3.30. The van der Waals surface area contributed by atoms with Crippen LogP contribution in [0.2, 0.25) is 0 Å². The minimum Gasteiger partial charge on any atom is -0.312 e. The standard InChI is InChI=1S/C14H24N2O2S2/c1-4-7-15-9-13-5-6-14(19-13)20(17,18)16(3)10-12-8-11(12)2/h5-6,11-12,15H,4,7-10H2,1-3H3. The fourth-order valence-corrected chi connectivity index (χ4v) is 4.98. The summed E-state index contributed by atoms with van der Waals surface area (Å²) in [6.07, 6.45) is 2.23. The molecule has 2 atom stereocenters. The lowest BCUT2D eigenvalue weighted by Crippen LogP contribution is -2.28. The topological polar surface area (TPSA) is 49.4 Å². The summed E-state index contributed by atoms with van der Waals surface area (Å²) < 4.78 is 26.9. The van der Waals surface area contributed by atoms with Crippen LogP contribution in [0.4, 0.5) is 0 Å². The van der Waals surface area contributed by atoms with E-state index in [4.69, 9.17) is 0 Å². The molecule has 1 aliphatic carbocycles. The molecule has 20 heavy (non-hydrogen) atoms. The number of nitrogens with one attached hydrogen (secondary N) is 1. The Morgan fingerprint density at radius 1 is 1.45 bits per heavy atom. The van der Waals surface area contributed by atoms with Crippen LogP contribution in [0.5, 0.6) is 0 Å². The highest BCUT2D eigenvalue weighted by Gasteiger charge is 2.36. The summed E-state index contributed by atoms with van der Waals surface area (Å²) in [5, 5.41) is 3.30. The second-order valence-electron chi connectivity index (χ2n) is 5.66. The first kappa shape index (κ1) is 15.9. The number of hydrogen-bond acceptors (Lipinski definition) is 4. The average Bonchev–Trinajstić information content (AvgIpc) is 2.91. The molecular weight excluding hydrogens is 292 g/mol. The van der Waals surface area contributed by atoms with E-state index in [1.165, 1.54) is 15.6 Å². The number of rotatable bonds is 8. The van der Waals surface area contributed by atoms with Gasteiger partial charge in [0.1, 0.15) is 4.21 Å². The lowest BCUT2D eigenvalue weighted by atomic mass is 10.3. The summed E-state index contributed by atoms with van der Waals surface area (Å²) in [7, 11) is -1.61. The summed E-state index contributed by atoms with van der Waals surface area (Å²) in [6.45, 7) is 6.64. The lowest BCUT2D eigenvalue weighted by Gasteiger charge is -2.15.